The van der Waals surface area contributed by atoms with Crippen molar-refractivity contribution in [1.82, 2.24) is 9.80 Å². The van der Waals surface area contributed by atoms with E-state index in [0.717, 1.165) is 12.8 Å². The predicted molar refractivity (Wildman–Crippen MR) is 68.9 cm³/mol. The average Bonchev–Trinajstić information content (AvgIpc) is 2.43. The summed E-state index contributed by atoms with van der Waals surface area (Å²) in [5.74, 6) is 0.413. The zero-order chi connectivity index (χ0) is 13.5. The number of hydrogen-bond acceptors (Lipinski definition) is 3. The molecule has 5 heteroatoms. The summed E-state index contributed by atoms with van der Waals surface area (Å²) in [6.45, 7) is 6.03. The zero-order valence-corrected chi connectivity index (χ0v) is 11.4. The molecule has 1 fully saturated rings. The van der Waals surface area contributed by atoms with Crippen LogP contribution in [-0.4, -0.2) is 59.5 Å². The summed E-state index contributed by atoms with van der Waals surface area (Å²) >= 11 is 0. The first-order valence-corrected chi connectivity index (χ1v) is 6.78. The van der Waals surface area contributed by atoms with Gasteiger partial charge in [-0.2, -0.15) is 0 Å². The molecule has 0 aliphatic carbocycles. The summed E-state index contributed by atoms with van der Waals surface area (Å²) in [4.78, 5) is 26.8. The van der Waals surface area contributed by atoms with Gasteiger partial charge in [0.15, 0.2) is 0 Å². The first kappa shape index (κ1) is 15.0. The third kappa shape index (κ3) is 3.98. The molecule has 1 rings (SSSR count). The van der Waals surface area contributed by atoms with E-state index in [1.165, 1.54) is 0 Å². The molecule has 0 radical (unpaired) electrons. The molecule has 5 nitrogen and oxygen atoms in total. The summed E-state index contributed by atoms with van der Waals surface area (Å²) in [5, 5.41) is 8.77. The quantitative estimate of drug-likeness (QED) is 0.778. The number of piperazine rings is 1. The normalized spacial score (nSPS) is 16.2. The maximum absolute atomic E-state index is 12.0. The van der Waals surface area contributed by atoms with Crippen molar-refractivity contribution in [3.8, 4) is 0 Å². The van der Waals surface area contributed by atoms with E-state index >= 15 is 0 Å². The Hall–Kier alpha value is -1.10. The SMILES string of the molecule is CCC(CC)CC(=O)N1CCN(C(=O)CO)CC1. The standard InChI is InChI=1S/C13H24N2O3/c1-3-11(4-2)9-12(17)14-5-7-15(8-6-14)13(18)10-16/h11,16H,3-10H2,1-2H3. The van der Waals surface area contributed by atoms with Crippen LogP contribution in [0.15, 0.2) is 0 Å². The number of amides is 2. The maximum Gasteiger partial charge on any atom is 0.248 e. The van der Waals surface area contributed by atoms with Crippen molar-refractivity contribution < 1.29 is 14.7 Å². The Morgan fingerprint density at radius 1 is 1.00 bits per heavy atom. The topological polar surface area (TPSA) is 60.9 Å². The van der Waals surface area contributed by atoms with Crippen LogP contribution in [0.3, 0.4) is 0 Å². The van der Waals surface area contributed by atoms with E-state index in [1.807, 2.05) is 4.90 Å². The van der Waals surface area contributed by atoms with Gasteiger partial charge in [0.1, 0.15) is 6.61 Å². The van der Waals surface area contributed by atoms with Crippen LogP contribution < -0.4 is 0 Å². The number of aliphatic hydroxyl groups excluding tert-OH is 1. The Kier molecular flexibility index (Phi) is 6.12. The molecule has 0 aromatic heterocycles. The van der Waals surface area contributed by atoms with Gasteiger partial charge in [-0.1, -0.05) is 26.7 Å². The second-order valence-electron chi connectivity index (χ2n) is 4.81. The molecule has 1 heterocycles. The highest BCUT2D eigenvalue weighted by Gasteiger charge is 2.24. The van der Waals surface area contributed by atoms with E-state index in [1.54, 1.807) is 4.90 Å². The lowest BCUT2D eigenvalue weighted by molar-refractivity contribution is -0.141. The van der Waals surface area contributed by atoms with Gasteiger partial charge in [0, 0.05) is 32.6 Å². The van der Waals surface area contributed by atoms with Gasteiger partial charge in [-0.3, -0.25) is 9.59 Å². The molecule has 0 spiro atoms. The number of carbonyl (C=O) groups is 2. The minimum absolute atomic E-state index is 0.194. The van der Waals surface area contributed by atoms with Gasteiger partial charge < -0.3 is 14.9 Å². The minimum Gasteiger partial charge on any atom is -0.387 e. The lowest BCUT2D eigenvalue weighted by Crippen LogP contribution is -2.51. The monoisotopic (exact) mass is 256 g/mol. The fraction of sp³-hybridized carbons (Fsp3) is 0.846. The van der Waals surface area contributed by atoms with Gasteiger partial charge in [0.2, 0.25) is 11.8 Å². The molecule has 104 valence electrons. The lowest BCUT2D eigenvalue weighted by Gasteiger charge is -2.35. The van der Waals surface area contributed by atoms with Crippen LogP contribution in [0.5, 0.6) is 0 Å². The minimum atomic E-state index is -0.443. The highest BCUT2D eigenvalue weighted by atomic mass is 16.3. The van der Waals surface area contributed by atoms with E-state index in [0.29, 0.717) is 38.5 Å². The van der Waals surface area contributed by atoms with Gasteiger partial charge in [-0.05, 0) is 5.92 Å². The Balaban J connectivity index is 2.38. The van der Waals surface area contributed by atoms with Gasteiger partial charge in [-0.25, -0.2) is 0 Å². The number of rotatable bonds is 5. The van der Waals surface area contributed by atoms with Crippen LogP contribution in [0.1, 0.15) is 33.1 Å². The van der Waals surface area contributed by atoms with Crippen molar-refractivity contribution in [3.63, 3.8) is 0 Å². The molecular weight excluding hydrogens is 232 g/mol. The fourth-order valence-corrected chi connectivity index (χ4v) is 2.26. The molecular formula is C13H24N2O3. The summed E-state index contributed by atoms with van der Waals surface area (Å²) in [7, 11) is 0. The van der Waals surface area contributed by atoms with Crippen molar-refractivity contribution in [3.05, 3.63) is 0 Å². The summed E-state index contributed by atoms with van der Waals surface area (Å²) in [5.41, 5.74) is 0. The van der Waals surface area contributed by atoms with E-state index in [9.17, 15) is 9.59 Å². The largest absolute Gasteiger partial charge is 0.387 e. The molecule has 0 aromatic carbocycles. The first-order valence-electron chi connectivity index (χ1n) is 6.78. The molecule has 0 atom stereocenters. The van der Waals surface area contributed by atoms with Crippen LogP contribution >= 0.6 is 0 Å². The van der Waals surface area contributed by atoms with Crippen molar-refractivity contribution in [1.29, 1.82) is 0 Å². The molecule has 0 bridgehead atoms. The van der Waals surface area contributed by atoms with Crippen LogP contribution in [0.2, 0.25) is 0 Å². The smallest absolute Gasteiger partial charge is 0.248 e. The van der Waals surface area contributed by atoms with Gasteiger partial charge in [0.05, 0.1) is 0 Å². The van der Waals surface area contributed by atoms with E-state index in [4.69, 9.17) is 5.11 Å². The molecule has 2 amide bonds. The molecule has 0 saturated carbocycles. The molecule has 1 aliphatic heterocycles. The molecule has 0 aromatic rings. The lowest BCUT2D eigenvalue weighted by atomic mass is 9.98. The number of nitrogens with zero attached hydrogens (tertiary/aromatic N) is 2. The van der Waals surface area contributed by atoms with Crippen molar-refractivity contribution in [2.75, 3.05) is 32.8 Å². The van der Waals surface area contributed by atoms with Gasteiger partial charge in [0.25, 0.3) is 0 Å². The molecule has 1 N–H and O–H groups in total. The molecule has 1 saturated heterocycles. The Bertz CT molecular complexity index is 282. The Morgan fingerprint density at radius 2 is 1.44 bits per heavy atom. The van der Waals surface area contributed by atoms with Gasteiger partial charge >= 0.3 is 0 Å². The van der Waals surface area contributed by atoms with Crippen LogP contribution in [0, 0.1) is 5.92 Å². The zero-order valence-electron chi connectivity index (χ0n) is 11.4. The predicted octanol–water partition coefficient (Wildman–Crippen LogP) is 0.476. The number of aliphatic hydroxyl groups is 1. The second-order valence-corrected chi connectivity index (χ2v) is 4.81. The van der Waals surface area contributed by atoms with Crippen LogP contribution in [0.4, 0.5) is 0 Å². The Labute approximate surface area is 109 Å². The van der Waals surface area contributed by atoms with Crippen LogP contribution in [0.25, 0.3) is 0 Å². The van der Waals surface area contributed by atoms with Gasteiger partial charge in [-0.15, -0.1) is 0 Å². The third-order valence-corrected chi connectivity index (χ3v) is 3.74. The van der Waals surface area contributed by atoms with E-state index in [-0.39, 0.29) is 11.8 Å². The molecule has 1 aliphatic rings. The van der Waals surface area contributed by atoms with E-state index in [2.05, 4.69) is 13.8 Å². The van der Waals surface area contributed by atoms with E-state index < -0.39 is 6.61 Å². The Morgan fingerprint density at radius 3 is 1.83 bits per heavy atom. The van der Waals surface area contributed by atoms with Crippen molar-refractivity contribution in [2.45, 2.75) is 33.1 Å². The van der Waals surface area contributed by atoms with Crippen molar-refractivity contribution in [2.24, 2.45) is 5.92 Å². The number of hydrogen-bond donors (Lipinski definition) is 1. The maximum atomic E-state index is 12.0. The summed E-state index contributed by atoms with van der Waals surface area (Å²) in [6.07, 6.45) is 2.68. The highest BCUT2D eigenvalue weighted by Crippen LogP contribution is 2.15. The fourth-order valence-electron chi connectivity index (χ4n) is 2.26. The average molecular weight is 256 g/mol. The first-order chi connectivity index (χ1) is 8.62. The summed E-state index contributed by atoms with van der Waals surface area (Å²) in [6, 6.07) is 0. The van der Waals surface area contributed by atoms with Crippen LogP contribution in [-0.2, 0) is 9.59 Å². The highest BCUT2D eigenvalue weighted by molar-refractivity contribution is 5.79. The number of carbonyl (C=O) groups excluding carboxylic acids is 2. The van der Waals surface area contributed by atoms with Crippen molar-refractivity contribution >= 4 is 11.8 Å². The third-order valence-electron chi connectivity index (χ3n) is 3.74. The molecule has 18 heavy (non-hydrogen) atoms. The summed E-state index contributed by atoms with van der Waals surface area (Å²) < 4.78 is 0. The molecule has 0 unspecified atom stereocenters. The second kappa shape index (κ2) is 7.36.